The number of rotatable bonds is 7. The average Bonchev–Trinajstić information content (AvgIpc) is 3.10. The van der Waals surface area contributed by atoms with Crippen LogP contribution in [0.15, 0.2) is 0 Å². The molecular weight excluding hydrogens is 310 g/mol. The molecular formula is C14H21NO8. The van der Waals surface area contributed by atoms with Crippen LogP contribution in [-0.4, -0.2) is 64.4 Å². The number of hydrogen-bond donors (Lipinski definition) is 1. The lowest BCUT2D eigenvalue weighted by molar-refractivity contribution is -0.159. The zero-order valence-corrected chi connectivity index (χ0v) is 13.3. The topological polar surface area (TPSA) is 117 Å². The molecule has 3 atom stereocenters. The van der Waals surface area contributed by atoms with Crippen LogP contribution in [0, 0.1) is 11.8 Å². The predicted octanol–water partition coefficient (Wildman–Crippen LogP) is -0.967. The highest BCUT2D eigenvalue weighted by Gasteiger charge is 2.40. The molecule has 1 rings (SSSR count). The zero-order chi connectivity index (χ0) is 17.4. The van der Waals surface area contributed by atoms with Crippen LogP contribution < -0.4 is 5.32 Å². The van der Waals surface area contributed by atoms with Gasteiger partial charge in [0.2, 0.25) is 5.91 Å². The summed E-state index contributed by atoms with van der Waals surface area (Å²) in [7, 11) is 3.39. The molecule has 0 aromatic carbocycles. The van der Waals surface area contributed by atoms with Crippen LogP contribution in [0.5, 0.6) is 0 Å². The molecule has 0 aliphatic carbocycles. The van der Waals surface area contributed by atoms with Crippen LogP contribution in [-0.2, 0) is 38.1 Å². The van der Waals surface area contributed by atoms with E-state index in [1.807, 2.05) is 0 Å². The minimum absolute atomic E-state index is 0.236. The normalized spacial score (nSPS) is 19.3. The number of carbonyl (C=O) groups is 4. The molecule has 1 saturated heterocycles. The Labute approximate surface area is 133 Å². The molecule has 1 heterocycles. The minimum Gasteiger partial charge on any atom is -0.469 e. The van der Waals surface area contributed by atoms with Crippen LogP contribution in [0.2, 0.25) is 0 Å². The maximum Gasteiger partial charge on any atom is 0.329 e. The number of amides is 1. The van der Waals surface area contributed by atoms with Gasteiger partial charge < -0.3 is 24.3 Å². The highest BCUT2D eigenvalue weighted by molar-refractivity contribution is 5.91. The van der Waals surface area contributed by atoms with Crippen LogP contribution in [0.1, 0.15) is 12.8 Å². The maximum atomic E-state index is 12.2. The molecule has 0 saturated carbocycles. The van der Waals surface area contributed by atoms with Crippen molar-refractivity contribution in [2.24, 2.45) is 11.8 Å². The second-order valence-electron chi connectivity index (χ2n) is 4.98. The molecule has 0 spiro atoms. The van der Waals surface area contributed by atoms with E-state index in [4.69, 9.17) is 4.74 Å². The minimum atomic E-state index is -1.35. The van der Waals surface area contributed by atoms with Crippen molar-refractivity contribution in [2.45, 2.75) is 18.9 Å². The van der Waals surface area contributed by atoms with Crippen molar-refractivity contribution in [3.05, 3.63) is 0 Å². The summed E-state index contributed by atoms with van der Waals surface area (Å²) in [5, 5.41) is 2.45. The summed E-state index contributed by atoms with van der Waals surface area (Å²) in [6.07, 6.45) is 0.0873. The van der Waals surface area contributed by atoms with E-state index < -0.39 is 48.1 Å². The van der Waals surface area contributed by atoms with E-state index in [-0.39, 0.29) is 6.61 Å². The van der Waals surface area contributed by atoms with Crippen molar-refractivity contribution in [2.75, 3.05) is 34.5 Å². The van der Waals surface area contributed by atoms with E-state index in [9.17, 15) is 19.2 Å². The molecule has 130 valence electrons. The Balaban J connectivity index is 2.93. The van der Waals surface area contributed by atoms with Crippen LogP contribution in [0.3, 0.4) is 0 Å². The van der Waals surface area contributed by atoms with E-state index in [0.717, 1.165) is 21.3 Å². The lowest BCUT2D eigenvalue weighted by Crippen LogP contribution is -2.51. The molecule has 0 radical (unpaired) electrons. The summed E-state index contributed by atoms with van der Waals surface area (Å²) in [6.45, 7) is 0.684. The molecule has 0 bridgehead atoms. The monoisotopic (exact) mass is 331 g/mol. The van der Waals surface area contributed by atoms with Gasteiger partial charge in [-0.1, -0.05) is 0 Å². The van der Waals surface area contributed by atoms with Gasteiger partial charge >= 0.3 is 17.9 Å². The van der Waals surface area contributed by atoms with Crippen molar-refractivity contribution in [3.63, 3.8) is 0 Å². The van der Waals surface area contributed by atoms with Gasteiger partial charge in [-0.15, -0.1) is 0 Å². The first-order valence-corrected chi connectivity index (χ1v) is 7.05. The highest BCUT2D eigenvalue weighted by atomic mass is 16.5. The molecule has 1 N–H and O–H groups in total. The summed E-state index contributed by atoms with van der Waals surface area (Å²) in [4.78, 5) is 47.5. The van der Waals surface area contributed by atoms with Gasteiger partial charge in [-0.3, -0.25) is 14.4 Å². The van der Waals surface area contributed by atoms with Crippen LogP contribution in [0.25, 0.3) is 0 Å². The standard InChI is InChI=1S/C14H21NO8/c1-20-10(16)6-9(13(18)21-2)11(14(19)22-3)15-12(17)8-4-5-23-7-8/h8-9,11H,4-7H2,1-3H3,(H,15,17)/t8-,9+,11-/m1/s1. The number of esters is 3. The molecule has 1 fully saturated rings. The van der Waals surface area contributed by atoms with Gasteiger partial charge in [0.15, 0.2) is 0 Å². The summed E-state index contributed by atoms with van der Waals surface area (Å²) < 4.78 is 18.9. The first kappa shape index (κ1) is 18.9. The van der Waals surface area contributed by atoms with Crippen LogP contribution in [0.4, 0.5) is 0 Å². The number of methoxy groups -OCH3 is 3. The molecule has 23 heavy (non-hydrogen) atoms. The Morgan fingerprint density at radius 2 is 1.74 bits per heavy atom. The Morgan fingerprint density at radius 1 is 1.09 bits per heavy atom. The molecule has 1 aliphatic heterocycles. The van der Waals surface area contributed by atoms with E-state index in [1.54, 1.807) is 0 Å². The quantitative estimate of drug-likeness (QED) is 0.468. The molecule has 0 unspecified atom stereocenters. The summed E-state index contributed by atoms with van der Waals surface area (Å²) in [6, 6.07) is -1.35. The smallest absolute Gasteiger partial charge is 0.329 e. The van der Waals surface area contributed by atoms with E-state index in [2.05, 4.69) is 19.5 Å². The number of carbonyl (C=O) groups excluding carboxylic acids is 4. The molecule has 1 aliphatic rings. The fraction of sp³-hybridized carbons (Fsp3) is 0.714. The first-order valence-electron chi connectivity index (χ1n) is 7.05. The van der Waals surface area contributed by atoms with Gasteiger partial charge in [0.25, 0.3) is 0 Å². The predicted molar refractivity (Wildman–Crippen MR) is 75.0 cm³/mol. The Kier molecular flexibility index (Phi) is 7.46. The number of ether oxygens (including phenoxy) is 4. The van der Waals surface area contributed by atoms with Gasteiger partial charge in [0.1, 0.15) is 6.04 Å². The van der Waals surface area contributed by atoms with Crippen molar-refractivity contribution in [1.82, 2.24) is 5.32 Å². The van der Waals surface area contributed by atoms with Crippen molar-refractivity contribution < 1.29 is 38.1 Å². The zero-order valence-electron chi connectivity index (χ0n) is 13.3. The fourth-order valence-corrected chi connectivity index (χ4v) is 2.21. The molecule has 9 nitrogen and oxygen atoms in total. The third-order valence-electron chi connectivity index (χ3n) is 3.57. The van der Waals surface area contributed by atoms with Gasteiger partial charge in [0, 0.05) is 6.61 Å². The third kappa shape index (κ3) is 5.20. The first-order chi connectivity index (χ1) is 10.9. The third-order valence-corrected chi connectivity index (χ3v) is 3.57. The van der Waals surface area contributed by atoms with Gasteiger partial charge in [-0.05, 0) is 6.42 Å². The summed E-state index contributed by atoms with van der Waals surface area (Å²) in [5.74, 6) is -4.50. The van der Waals surface area contributed by atoms with Gasteiger partial charge in [0.05, 0.1) is 46.2 Å². The Bertz CT molecular complexity index is 458. The van der Waals surface area contributed by atoms with Crippen molar-refractivity contribution >= 4 is 23.8 Å². The molecule has 1 amide bonds. The maximum absolute atomic E-state index is 12.2. The lowest BCUT2D eigenvalue weighted by Gasteiger charge is -2.24. The van der Waals surface area contributed by atoms with E-state index in [1.165, 1.54) is 0 Å². The molecule has 9 heteroatoms. The summed E-state index contributed by atoms with van der Waals surface area (Å²) in [5.41, 5.74) is 0. The fourth-order valence-electron chi connectivity index (χ4n) is 2.21. The second kappa shape index (κ2) is 9.09. The van der Waals surface area contributed by atoms with Crippen molar-refractivity contribution in [1.29, 1.82) is 0 Å². The van der Waals surface area contributed by atoms with Gasteiger partial charge in [-0.25, -0.2) is 4.79 Å². The largest absolute Gasteiger partial charge is 0.469 e. The lowest BCUT2D eigenvalue weighted by atomic mass is 9.95. The van der Waals surface area contributed by atoms with E-state index in [0.29, 0.717) is 13.0 Å². The number of nitrogens with one attached hydrogen (secondary N) is 1. The second-order valence-corrected chi connectivity index (χ2v) is 4.98. The van der Waals surface area contributed by atoms with Crippen molar-refractivity contribution in [3.8, 4) is 0 Å². The van der Waals surface area contributed by atoms with E-state index >= 15 is 0 Å². The Morgan fingerprint density at radius 3 is 2.22 bits per heavy atom. The van der Waals surface area contributed by atoms with Gasteiger partial charge in [-0.2, -0.15) is 0 Å². The number of hydrogen-bond acceptors (Lipinski definition) is 8. The summed E-state index contributed by atoms with van der Waals surface area (Å²) >= 11 is 0. The average molecular weight is 331 g/mol. The highest BCUT2D eigenvalue weighted by Crippen LogP contribution is 2.17. The Hall–Kier alpha value is -2.16. The SMILES string of the molecule is COC(=O)C[C@H](C(=O)OC)[C@@H](NC(=O)[C@@H]1CCOC1)C(=O)OC. The van der Waals surface area contributed by atoms with Crippen LogP contribution >= 0.6 is 0 Å². The molecule has 0 aromatic rings. The molecule has 0 aromatic heterocycles.